The van der Waals surface area contributed by atoms with Gasteiger partial charge in [-0.25, -0.2) is 4.79 Å². The van der Waals surface area contributed by atoms with Gasteiger partial charge in [-0.3, -0.25) is 0 Å². The van der Waals surface area contributed by atoms with E-state index < -0.39 is 6.04 Å². The average Bonchev–Trinajstić information content (AvgIpc) is 2.43. The molecule has 1 N–H and O–H groups in total. The van der Waals surface area contributed by atoms with Crippen molar-refractivity contribution in [2.45, 2.75) is 19.4 Å². The van der Waals surface area contributed by atoms with Crippen LogP contribution in [0.1, 0.15) is 23.6 Å². The van der Waals surface area contributed by atoms with Crippen molar-refractivity contribution in [2.24, 2.45) is 5.11 Å². The molecule has 0 aromatic heterocycles. The van der Waals surface area contributed by atoms with Crippen LogP contribution in [0.15, 0.2) is 29.4 Å². The number of hydrogen-bond acceptors (Lipinski definition) is 4. The van der Waals surface area contributed by atoms with Crippen molar-refractivity contribution >= 4 is 5.97 Å². The van der Waals surface area contributed by atoms with Gasteiger partial charge in [0.1, 0.15) is 6.04 Å². The van der Waals surface area contributed by atoms with Crippen LogP contribution in [0.2, 0.25) is 0 Å². The lowest BCUT2D eigenvalue weighted by Gasteiger charge is -2.16. The Morgan fingerprint density at radius 1 is 1.47 bits per heavy atom. The van der Waals surface area contributed by atoms with Gasteiger partial charge >= 0.3 is 5.97 Å². The summed E-state index contributed by atoms with van der Waals surface area (Å²) < 4.78 is 4.79. The fourth-order valence-electron chi connectivity index (χ4n) is 1.65. The van der Waals surface area contributed by atoms with Crippen LogP contribution in [0.3, 0.4) is 0 Å². The van der Waals surface area contributed by atoms with Crippen molar-refractivity contribution in [2.75, 3.05) is 20.2 Å². The summed E-state index contributed by atoms with van der Waals surface area (Å²) in [4.78, 5) is 14.4. The van der Waals surface area contributed by atoms with Gasteiger partial charge in [0.05, 0.1) is 7.11 Å². The zero-order chi connectivity index (χ0) is 14.1. The summed E-state index contributed by atoms with van der Waals surface area (Å²) in [7, 11) is 1.37. The van der Waals surface area contributed by atoms with Crippen LogP contribution in [-0.4, -0.2) is 26.2 Å². The van der Waals surface area contributed by atoms with Crippen LogP contribution in [-0.2, 0) is 9.53 Å². The second kappa shape index (κ2) is 8.13. The second-order valence-corrected chi connectivity index (χ2v) is 4.13. The summed E-state index contributed by atoms with van der Waals surface area (Å²) in [5.74, 6) is -0.326. The fourth-order valence-corrected chi connectivity index (χ4v) is 1.65. The number of hydrogen-bond donors (Lipinski definition) is 1. The molecule has 0 heterocycles. The third-order valence-electron chi connectivity index (χ3n) is 2.69. The van der Waals surface area contributed by atoms with E-state index in [0.717, 1.165) is 11.1 Å². The fraction of sp³-hybridized carbons (Fsp3) is 0.462. The minimum Gasteiger partial charge on any atom is -0.468 e. The average molecular weight is 262 g/mol. The first kappa shape index (κ1) is 15.0. The lowest BCUT2D eigenvalue weighted by atomic mass is 10.1. The van der Waals surface area contributed by atoms with Gasteiger partial charge in [-0.1, -0.05) is 34.9 Å². The molecule has 1 rings (SSSR count). The molecule has 0 bridgehead atoms. The minimum absolute atomic E-state index is 0.326. The Hall–Kier alpha value is -2.04. The number of ether oxygens (including phenoxy) is 1. The Morgan fingerprint density at radius 2 is 2.16 bits per heavy atom. The zero-order valence-electron chi connectivity index (χ0n) is 11.2. The second-order valence-electron chi connectivity index (χ2n) is 4.13. The van der Waals surface area contributed by atoms with Crippen LogP contribution in [0, 0.1) is 6.92 Å². The molecule has 0 aliphatic rings. The van der Waals surface area contributed by atoms with E-state index in [1.807, 2.05) is 31.2 Å². The van der Waals surface area contributed by atoms with Crippen LogP contribution in [0.25, 0.3) is 10.4 Å². The number of benzene rings is 1. The van der Waals surface area contributed by atoms with Gasteiger partial charge in [0, 0.05) is 11.5 Å². The first-order chi connectivity index (χ1) is 9.19. The minimum atomic E-state index is -0.489. The van der Waals surface area contributed by atoms with Crippen molar-refractivity contribution in [3.8, 4) is 0 Å². The standard InChI is InChI=1S/C13H18N4O2/c1-10-4-6-11(7-5-10)12(13(18)19-2)15-8-3-9-16-17-14/h4-7,12,15H,3,8-9H2,1-2H3. The molecule has 1 unspecified atom stereocenters. The smallest absolute Gasteiger partial charge is 0.327 e. The molecular weight excluding hydrogens is 244 g/mol. The zero-order valence-corrected chi connectivity index (χ0v) is 11.2. The molecule has 0 amide bonds. The van der Waals surface area contributed by atoms with Crippen LogP contribution in [0.5, 0.6) is 0 Å². The molecule has 102 valence electrons. The number of nitrogens with zero attached hydrogens (tertiary/aromatic N) is 3. The summed E-state index contributed by atoms with van der Waals surface area (Å²) in [6, 6.07) is 7.21. The molecule has 0 saturated heterocycles. The van der Waals surface area contributed by atoms with Crippen molar-refractivity contribution in [1.29, 1.82) is 0 Å². The molecule has 0 fully saturated rings. The molecule has 0 aliphatic carbocycles. The lowest BCUT2D eigenvalue weighted by molar-refractivity contribution is -0.143. The Labute approximate surface area is 112 Å². The van der Waals surface area contributed by atoms with Gasteiger partial charge in [0.2, 0.25) is 0 Å². The Kier molecular flexibility index (Phi) is 6.43. The van der Waals surface area contributed by atoms with E-state index in [2.05, 4.69) is 15.3 Å². The van der Waals surface area contributed by atoms with E-state index in [4.69, 9.17) is 10.3 Å². The largest absolute Gasteiger partial charge is 0.468 e. The highest BCUT2D eigenvalue weighted by atomic mass is 16.5. The Balaban J connectivity index is 2.64. The topological polar surface area (TPSA) is 87.1 Å². The molecule has 1 atom stereocenters. The van der Waals surface area contributed by atoms with Gasteiger partial charge < -0.3 is 10.1 Å². The van der Waals surface area contributed by atoms with Crippen LogP contribution < -0.4 is 5.32 Å². The number of carbonyl (C=O) groups is 1. The predicted molar refractivity (Wildman–Crippen MR) is 72.6 cm³/mol. The van der Waals surface area contributed by atoms with Crippen molar-refractivity contribution in [3.63, 3.8) is 0 Å². The SMILES string of the molecule is COC(=O)C(NCCCN=[N+]=[N-])c1ccc(C)cc1. The summed E-state index contributed by atoms with van der Waals surface area (Å²) >= 11 is 0. The quantitative estimate of drug-likeness (QED) is 0.269. The van der Waals surface area contributed by atoms with Crippen molar-refractivity contribution in [3.05, 3.63) is 45.8 Å². The third kappa shape index (κ3) is 4.99. The summed E-state index contributed by atoms with van der Waals surface area (Å²) in [5, 5.41) is 6.55. The molecule has 1 aromatic rings. The summed E-state index contributed by atoms with van der Waals surface area (Å²) in [6.45, 7) is 2.97. The predicted octanol–water partition coefficient (Wildman–Crippen LogP) is 2.50. The third-order valence-corrected chi connectivity index (χ3v) is 2.69. The molecule has 19 heavy (non-hydrogen) atoms. The highest BCUT2D eigenvalue weighted by molar-refractivity contribution is 5.77. The Morgan fingerprint density at radius 3 is 2.74 bits per heavy atom. The highest BCUT2D eigenvalue weighted by Crippen LogP contribution is 2.15. The van der Waals surface area contributed by atoms with Crippen LogP contribution >= 0.6 is 0 Å². The maximum Gasteiger partial charge on any atom is 0.327 e. The molecule has 0 aliphatic heterocycles. The highest BCUT2D eigenvalue weighted by Gasteiger charge is 2.20. The molecular formula is C13H18N4O2. The van der Waals surface area contributed by atoms with Crippen LogP contribution in [0.4, 0.5) is 0 Å². The normalized spacial score (nSPS) is 11.5. The number of nitrogens with one attached hydrogen (secondary N) is 1. The van der Waals surface area contributed by atoms with Gasteiger partial charge in [-0.2, -0.15) is 0 Å². The molecule has 6 heteroatoms. The molecule has 6 nitrogen and oxygen atoms in total. The maximum atomic E-state index is 11.8. The number of esters is 1. The first-order valence-electron chi connectivity index (χ1n) is 6.07. The monoisotopic (exact) mass is 262 g/mol. The van der Waals surface area contributed by atoms with E-state index >= 15 is 0 Å². The van der Waals surface area contributed by atoms with Crippen molar-refractivity contribution in [1.82, 2.24) is 5.32 Å². The van der Waals surface area contributed by atoms with Gasteiger partial charge in [-0.15, -0.1) is 0 Å². The molecule has 0 spiro atoms. The van der Waals surface area contributed by atoms with Gasteiger partial charge in [0.25, 0.3) is 0 Å². The van der Waals surface area contributed by atoms with E-state index in [1.165, 1.54) is 7.11 Å². The van der Waals surface area contributed by atoms with E-state index in [1.54, 1.807) is 0 Å². The first-order valence-corrected chi connectivity index (χ1v) is 6.07. The maximum absolute atomic E-state index is 11.8. The van der Waals surface area contributed by atoms with E-state index in [9.17, 15) is 4.79 Å². The van der Waals surface area contributed by atoms with Crippen molar-refractivity contribution < 1.29 is 9.53 Å². The number of carbonyl (C=O) groups excluding carboxylic acids is 1. The summed E-state index contributed by atoms with van der Waals surface area (Å²) in [5.41, 5.74) is 10.2. The summed E-state index contributed by atoms with van der Waals surface area (Å²) in [6.07, 6.45) is 0.670. The van der Waals surface area contributed by atoms with E-state index in [-0.39, 0.29) is 5.97 Å². The number of methoxy groups -OCH3 is 1. The van der Waals surface area contributed by atoms with Gasteiger partial charge in [-0.05, 0) is 31.0 Å². The molecule has 0 radical (unpaired) electrons. The Bertz CT molecular complexity index is 452. The number of azide groups is 1. The molecule has 0 saturated carbocycles. The van der Waals surface area contributed by atoms with E-state index in [0.29, 0.717) is 19.5 Å². The number of rotatable bonds is 7. The molecule has 1 aromatic carbocycles. The number of aryl methyl sites for hydroxylation is 1. The van der Waals surface area contributed by atoms with Gasteiger partial charge in [0.15, 0.2) is 0 Å². The lowest BCUT2D eigenvalue weighted by Crippen LogP contribution is -2.30.